The molecule has 0 aliphatic heterocycles. The number of hydrogen-bond donors (Lipinski definition) is 1. The highest BCUT2D eigenvalue weighted by atomic mass is 19.4. The quantitative estimate of drug-likeness (QED) is 0.190. The van der Waals surface area contributed by atoms with E-state index in [1.807, 2.05) is 43.3 Å². The fourth-order valence-electron chi connectivity index (χ4n) is 4.95. The molecule has 0 unspecified atom stereocenters. The van der Waals surface area contributed by atoms with Crippen molar-refractivity contribution in [3.05, 3.63) is 124 Å². The maximum absolute atomic E-state index is 13.4. The van der Waals surface area contributed by atoms with Gasteiger partial charge in [0.2, 0.25) is 0 Å². The molecule has 0 aliphatic carbocycles. The van der Waals surface area contributed by atoms with Crippen LogP contribution in [-0.2, 0) is 30.2 Å². The van der Waals surface area contributed by atoms with Crippen LogP contribution >= 0.6 is 0 Å². The van der Waals surface area contributed by atoms with Gasteiger partial charge in [-0.3, -0.25) is 9.78 Å². The molecule has 44 heavy (non-hydrogen) atoms. The molecule has 5 aromatic rings. The fourth-order valence-corrected chi connectivity index (χ4v) is 4.95. The number of ether oxygens (including phenoxy) is 1. The molecule has 0 spiro atoms. The van der Waals surface area contributed by atoms with Crippen LogP contribution in [0.3, 0.4) is 0 Å². The van der Waals surface area contributed by atoms with Crippen LogP contribution < -0.4 is 10.4 Å². The topological polar surface area (TPSA) is 99.2 Å². The number of carboxylic acids is 1. The van der Waals surface area contributed by atoms with Crippen molar-refractivity contribution in [3.8, 4) is 28.3 Å². The van der Waals surface area contributed by atoms with Crippen LogP contribution in [0, 0.1) is 0 Å². The fraction of sp³-hybridized carbons (Fsp3) is 0.212. The Bertz CT molecular complexity index is 1800. The highest BCUT2D eigenvalue weighted by Crippen LogP contribution is 2.30. The summed E-state index contributed by atoms with van der Waals surface area (Å²) in [7, 11) is 0. The normalized spacial score (nSPS) is 11.5. The van der Waals surface area contributed by atoms with E-state index in [0.717, 1.165) is 33.5 Å². The van der Waals surface area contributed by atoms with E-state index in [4.69, 9.17) is 4.74 Å². The number of aromatic nitrogens is 4. The number of aliphatic carboxylic acids is 1. The molecule has 0 aliphatic rings. The van der Waals surface area contributed by atoms with Gasteiger partial charge in [0.05, 0.1) is 36.2 Å². The van der Waals surface area contributed by atoms with E-state index >= 15 is 0 Å². The van der Waals surface area contributed by atoms with E-state index in [2.05, 4.69) is 10.1 Å². The van der Waals surface area contributed by atoms with Crippen molar-refractivity contribution in [1.82, 2.24) is 19.3 Å². The molecule has 1 N–H and O–H groups in total. The zero-order valence-electron chi connectivity index (χ0n) is 23.8. The third kappa shape index (κ3) is 6.88. The summed E-state index contributed by atoms with van der Waals surface area (Å²) in [5, 5.41) is 13.8. The molecule has 0 atom stereocenters. The summed E-state index contributed by atoms with van der Waals surface area (Å²) >= 11 is 0. The van der Waals surface area contributed by atoms with Crippen LogP contribution in [0.25, 0.3) is 22.5 Å². The zero-order chi connectivity index (χ0) is 31.3. The summed E-state index contributed by atoms with van der Waals surface area (Å²) in [6, 6.07) is 21.2. The zero-order valence-corrected chi connectivity index (χ0v) is 23.8. The molecule has 5 rings (SSSR count). The first-order valence-corrected chi connectivity index (χ1v) is 14.0. The van der Waals surface area contributed by atoms with Crippen LogP contribution in [0.1, 0.15) is 35.9 Å². The number of carbonyl (C=O) groups is 1. The minimum atomic E-state index is -4.49. The van der Waals surface area contributed by atoms with Crippen LogP contribution in [0.4, 0.5) is 13.2 Å². The van der Waals surface area contributed by atoms with E-state index in [0.29, 0.717) is 48.7 Å². The summed E-state index contributed by atoms with van der Waals surface area (Å²) in [6.07, 6.45) is 0.247. The average Bonchev–Trinajstić information content (AvgIpc) is 3.34. The Morgan fingerprint density at radius 1 is 0.932 bits per heavy atom. The van der Waals surface area contributed by atoms with Crippen molar-refractivity contribution >= 4 is 5.97 Å². The molecule has 3 aromatic carbocycles. The molecule has 226 valence electrons. The number of nitrogens with zero attached hydrogens (tertiary/aromatic N) is 4. The van der Waals surface area contributed by atoms with Gasteiger partial charge >= 0.3 is 17.8 Å². The Kier molecular flexibility index (Phi) is 8.94. The number of alkyl halides is 3. The van der Waals surface area contributed by atoms with Gasteiger partial charge < -0.3 is 9.84 Å². The van der Waals surface area contributed by atoms with Gasteiger partial charge in [0.25, 0.3) is 0 Å². The molecule has 0 bridgehead atoms. The number of aryl methyl sites for hydroxylation is 2. The van der Waals surface area contributed by atoms with E-state index in [9.17, 15) is 27.9 Å². The summed E-state index contributed by atoms with van der Waals surface area (Å²) in [5.41, 5.74) is 2.90. The highest BCUT2D eigenvalue weighted by molar-refractivity contribution is 5.74. The third-order valence-electron chi connectivity index (χ3n) is 7.04. The van der Waals surface area contributed by atoms with Crippen LogP contribution in [-0.4, -0.2) is 37.0 Å². The lowest BCUT2D eigenvalue weighted by Gasteiger charge is -2.11. The molecular formula is C33H29F3N4O4. The number of carboxylic acid groups (broad SMARTS) is 1. The van der Waals surface area contributed by atoms with Crippen molar-refractivity contribution in [2.24, 2.45) is 0 Å². The predicted octanol–water partition coefficient (Wildman–Crippen LogP) is 6.31. The Morgan fingerprint density at radius 2 is 1.66 bits per heavy atom. The number of halogens is 3. The number of hydrogen-bond acceptors (Lipinski definition) is 5. The van der Waals surface area contributed by atoms with E-state index in [1.165, 1.54) is 22.9 Å². The maximum atomic E-state index is 13.4. The van der Waals surface area contributed by atoms with E-state index in [1.54, 1.807) is 24.4 Å². The monoisotopic (exact) mass is 602 g/mol. The Hall–Kier alpha value is -5.19. The molecule has 0 saturated carbocycles. The van der Waals surface area contributed by atoms with E-state index < -0.39 is 23.4 Å². The molecule has 0 saturated heterocycles. The second-order valence-electron chi connectivity index (χ2n) is 10.1. The van der Waals surface area contributed by atoms with Gasteiger partial charge in [-0.2, -0.15) is 17.9 Å². The smallest absolute Gasteiger partial charge is 0.416 e. The second-order valence-corrected chi connectivity index (χ2v) is 10.1. The van der Waals surface area contributed by atoms with Crippen molar-refractivity contribution in [2.75, 3.05) is 6.61 Å². The average molecular weight is 603 g/mol. The molecular weight excluding hydrogens is 573 g/mol. The molecule has 2 aromatic heterocycles. The first-order valence-electron chi connectivity index (χ1n) is 14.0. The largest absolute Gasteiger partial charge is 0.494 e. The number of pyridine rings is 1. The molecule has 8 nitrogen and oxygen atoms in total. The summed E-state index contributed by atoms with van der Waals surface area (Å²) in [4.78, 5) is 28.8. The Labute approximate surface area is 251 Å². The van der Waals surface area contributed by atoms with Gasteiger partial charge in [0.15, 0.2) is 0 Å². The summed E-state index contributed by atoms with van der Waals surface area (Å²) in [5.74, 6) is 0.0808. The van der Waals surface area contributed by atoms with Crippen molar-refractivity contribution < 1.29 is 27.8 Å². The van der Waals surface area contributed by atoms with Gasteiger partial charge in [-0.15, -0.1) is 5.10 Å². The van der Waals surface area contributed by atoms with Crippen molar-refractivity contribution in [1.29, 1.82) is 0 Å². The third-order valence-corrected chi connectivity index (χ3v) is 7.04. The lowest BCUT2D eigenvalue weighted by molar-refractivity contribution is -0.138. The number of benzene rings is 3. The van der Waals surface area contributed by atoms with Gasteiger partial charge in [0, 0.05) is 18.2 Å². The first-order chi connectivity index (χ1) is 21.1. The SMILES string of the molecule is CCOc1ccc(-c2ccc(CCCc3nn(-c4ccc(C(F)(F)F)cc4)c(=O)n3-c3cccnc3)cc2)cc1CC(=O)O. The molecule has 0 radical (unpaired) electrons. The molecule has 0 fully saturated rings. The molecule has 2 heterocycles. The molecule has 11 heteroatoms. The Morgan fingerprint density at radius 3 is 2.30 bits per heavy atom. The van der Waals surface area contributed by atoms with Crippen molar-refractivity contribution in [2.45, 2.75) is 38.8 Å². The summed E-state index contributed by atoms with van der Waals surface area (Å²) < 4.78 is 47.3. The number of rotatable bonds is 11. The first kappa shape index (κ1) is 30.3. The van der Waals surface area contributed by atoms with Gasteiger partial charge in [-0.25, -0.2) is 9.36 Å². The standard InChI is InChI=1S/C33H29F3N4O4/c1-2-44-29-17-12-24(19-25(29)20-31(41)42)23-10-8-22(9-11-23)5-3-7-30-38-40(27-15-13-26(14-16-27)33(34,35)36)32(43)39(30)28-6-4-18-37-21-28/h4,6,8-19,21H,2-3,5,7,20H2,1H3,(H,41,42). The lowest BCUT2D eigenvalue weighted by Crippen LogP contribution is -2.23. The minimum absolute atomic E-state index is 0.139. The Balaban J connectivity index is 1.34. The highest BCUT2D eigenvalue weighted by Gasteiger charge is 2.30. The van der Waals surface area contributed by atoms with Crippen LogP contribution in [0.2, 0.25) is 0 Å². The van der Waals surface area contributed by atoms with Gasteiger partial charge in [0.1, 0.15) is 11.6 Å². The summed E-state index contributed by atoms with van der Waals surface area (Å²) in [6.45, 7) is 2.29. The van der Waals surface area contributed by atoms with E-state index in [-0.39, 0.29) is 12.1 Å². The molecule has 0 amide bonds. The minimum Gasteiger partial charge on any atom is -0.494 e. The van der Waals surface area contributed by atoms with Crippen LogP contribution in [0.15, 0.2) is 96.1 Å². The maximum Gasteiger partial charge on any atom is 0.416 e. The lowest BCUT2D eigenvalue weighted by atomic mass is 9.98. The van der Waals surface area contributed by atoms with Gasteiger partial charge in [-0.1, -0.05) is 30.3 Å². The predicted molar refractivity (Wildman–Crippen MR) is 158 cm³/mol. The second kappa shape index (κ2) is 13.0. The van der Waals surface area contributed by atoms with Gasteiger partial charge in [-0.05, 0) is 85.0 Å². The van der Waals surface area contributed by atoms with Crippen LogP contribution in [0.5, 0.6) is 5.75 Å². The van der Waals surface area contributed by atoms with Crippen molar-refractivity contribution in [3.63, 3.8) is 0 Å².